The summed E-state index contributed by atoms with van der Waals surface area (Å²) in [5.74, 6) is 3.15. The minimum atomic E-state index is -0.563. The van der Waals surface area contributed by atoms with Gasteiger partial charge < -0.3 is 9.47 Å². The number of hydrogen-bond acceptors (Lipinski definition) is 3. The lowest BCUT2D eigenvalue weighted by molar-refractivity contribution is -0.169. The van der Waals surface area contributed by atoms with Crippen molar-refractivity contribution in [3.05, 3.63) is 11.6 Å². The fourth-order valence-corrected chi connectivity index (χ4v) is 11.0. The predicted octanol–water partition coefficient (Wildman–Crippen LogP) is 10.6. The molecule has 4 aliphatic rings. The Balaban J connectivity index is 1.49. The van der Waals surface area contributed by atoms with Gasteiger partial charge in [0.25, 0.3) is 0 Å². The molecule has 0 amide bonds. The Hall–Kier alpha value is -0.830. The summed E-state index contributed by atoms with van der Waals surface area (Å²) in [7, 11) is 1.72. The van der Waals surface area contributed by atoms with E-state index in [4.69, 9.17) is 9.47 Å². The molecule has 0 aromatic heterocycles. The van der Waals surface area contributed by atoms with E-state index in [-0.39, 0.29) is 23.1 Å². The number of hydrogen-bond donors (Lipinski definition) is 0. The lowest BCUT2D eigenvalue weighted by Crippen LogP contribution is -2.58. The normalized spacial score (nSPS) is 39.9. The van der Waals surface area contributed by atoms with E-state index < -0.39 is 5.41 Å². The van der Waals surface area contributed by atoms with Crippen LogP contribution in [0.5, 0.6) is 0 Å². The smallest absolute Gasteiger partial charge is 0.311 e. The second kappa shape index (κ2) is 11.3. The Morgan fingerprint density at radius 3 is 2.27 bits per heavy atom. The highest BCUT2D eigenvalue weighted by molar-refractivity contribution is 5.76. The maximum atomic E-state index is 13.3. The third-order valence-corrected chi connectivity index (χ3v) is 14.1. The number of carbonyl (C=O) groups excluding carboxylic acids is 1. The summed E-state index contributed by atoms with van der Waals surface area (Å²) in [6.45, 7) is 26.1. The predicted molar refractivity (Wildman–Crippen MR) is 172 cm³/mol. The molecule has 8 atom stereocenters. The molecule has 0 spiro atoms. The van der Waals surface area contributed by atoms with Crippen molar-refractivity contribution >= 4 is 5.97 Å². The van der Waals surface area contributed by atoms with Crippen LogP contribution in [0.1, 0.15) is 153 Å². The zero-order chi connectivity index (χ0) is 30.6. The van der Waals surface area contributed by atoms with Crippen LogP contribution >= 0.6 is 0 Å². The molecule has 3 fully saturated rings. The molecule has 0 bridgehead atoms. The summed E-state index contributed by atoms with van der Waals surface area (Å²) < 4.78 is 11.9. The maximum absolute atomic E-state index is 13.3. The molecule has 8 unspecified atom stereocenters. The van der Waals surface area contributed by atoms with Gasteiger partial charge >= 0.3 is 5.97 Å². The second-order valence-electron chi connectivity index (χ2n) is 17.9. The SMILES string of the molecule is COC(C)(C)CC(C)(C)C(=O)OC1CCC2(C)C(=CCC3C4(C)CCC(C)(C(C)CCCC(C)C)C4CCC32C)C1. The molecule has 0 N–H and O–H groups in total. The van der Waals surface area contributed by atoms with Gasteiger partial charge in [0.05, 0.1) is 11.0 Å². The highest BCUT2D eigenvalue weighted by Gasteiger charge is 2.67. The summed E-state index contributed by atoms with van der Waals surface area (Å²) in [5, 5.41) is 0. The molecule has 4 rings (SSSR count). The van der Waals surface area contributed by atoms with Gasteiger partial charge in [-0.05, 0) is 124 Å². The van der Waals surface area contributed by atoms with Gasteiger partial charge in [0.15, 0.2) is 0 Å². The van der Waals surface area contributed by atoms with Crippen LogP contribution in [0, 0.1) is 50.7 Å². The van der Waals surface area contributed by atoms with E-state index in [1.807, 2.05) is 27.7 Å². The Bertz CT molecular complexity index is 991. The van der Waals surface area contributed by atoms with E-state index in [1.54, 1.807) is 12.7 Å². The average Bonchev–Trinajstić information content (AvgIpc) is 3.15. The molecular weight excluding hydrogens is 504 g/mol. The molecule has 0 heterocycles. The van der Waals surface area contributed by atoms with E-state index in [0.29, 0.717) is 22.7 Å². The zero-order valence-electron chi connectivity index (χ0n) is 29.2. The first kappa shape index (κ1) is 33.1. The number of ether oxygens (including phenoxy) is 2. The minimum Gasteiger partial charge on any atom is -0.462 e. The molecular formula is C38H66O3. The van der Waals surface area contributed by atoms with E-state index in [9.17, 15) is 4.79 Å². The van der Waals surface area contributed by atoms with Gasteiger partial charge in [0.1, 0.15) is 6.10 Å². The van der Waals surface area contributed by atoms with Gasteiger partial charge in [-0.25, -0.2) is 0 Å². The van der Waals surface area contributed by atoms with Crippen molar-refractivity contribution in [2.24, 2.45) is 50.7 Å². The Morgan fingerprint density at radius 1 is 0.951 bits per heavy atom. The van der Waals surface area contributed by atoms with Crippen LogP contribution in [0.15, 0.2) is 11.6 Å². The lowest BCUT2D eigenvalue weighted by Gasteiger charge is -2.66. The summed E-state index contributed by atoms with van der Waals surface area (Å²) in [6.07, 6.45) is 17.2. The molecule has 236 valence electrons. The molecule has 41 heavy (non-hydrogen) atoms. The van der Waals surface area contributed by atoms with Crippen LogP contribution in [0.3, 0.4) is 0 Å². The average molecular weight is 571 g/mol. The van der Waals surface area contributed by atoms with Crippen molar-refractivity contribution in [3.63, 3.8) is 0 Å². The monoisotopic (exact) mass is 571 g/mol. The first-order chi connectivity index (χ1) is 18.8. The second-order valence-corrected chi connectivity index (χ2v) is 17.9. The van der Waals surface area contributed by atoms with Crippen molar-refractivity contribution in [3.8, 4) is 0 Å². The quantitative estimate of drug-likeness (QED) is 0.194. The molecule has 0 aliphatic heterocycles. The fourth-order valence-electron chi connectivity index (χ4n) is 11.0. The molecule has 3 nitrogen and oxygen atoms in total. The number of allylic oxidation sites excluding steroid dienone is 1. The van der Waals surface area contributed by atoms with Crippen LogP contribution in [0.2, 0.25) is 0 Å². The van der Waals surface area contributed by atoms with Crippen molar-refractivity contribution in [2.75, 3.05) is 7.11 Å². The third kappa shape index (κ3) is 5.73. The van der Waals surface area contributed by atoms with Crippen LogP contribution in [-0.4, -0.2) is 24.8 Å². The summed E-state index contributed by atoms with van der Waals surface area (Å²) in [6, 6.07) is 0. The molecule has 0 aromatic rings. The molecule has 0 saturated heterocycles. The zero-order valence-corrected chi connectivity index (χ0v) is 29.2. The van der Waals surface area contributed by atoms with Crippen molar-refractivity contribution in [1.29, 1.82) is 0 Å². The number of esters is 1. The molecule has 0 radical (unpaired) electrons. The van der Waals surface area contributed by atoms with Gasteiger partial charge in [-0.2, -0.15) is 0 Å². The number of rotatable bonds is 10. The van der Waals surface area contributed by atoms with Gasteiger partial charge in [-0.15, -0.1) is 0 Å². The molecule has 4 aliphatic carbocycles. The van der Waals surface area contributed by atoms with Gasteiger partial charge in [-0.1, -0.05) is 79.4 Å². The van der Waals surface area contributed by atoms with E-state index >= 15 is 0 Å². The minimum absolute atomic E-state index is 0.000272. The number of fused-ring (bicyclic) bond motifs is 5. The topological polar surface area (TPSA) is 35.5 Å². The summed E-state index contributed by atoms with van der Waals surface area (Å²) in [5.41, 5.74) is 2.12. The van der Waals surface area contributed by atoms with Crippen molar-refractivity contribution in [2.45, 2.75) is 165 Å². The van der Waals surface area contributed by atoms with Gasteiger partial charge in [0.2, 0.25) is 0 Å². The standard InChI is InChI=1S/C38H66O3/c1-26(2)14-13-15-27(3)35(8)22-23-36(9)30(35)19-21-38(11)31(36)17-16-28-24-29(18-20-37(28,38)10)41-32(39)33(4,5)25-34(6,7)40-12/h16,26-27,29-31H,13-15,17-25H2,1-12H3. The number of carbonyl (C=O) groups is 1. The van der Waals surface area contributed by atoms with E-state index in [1.165, 1.54) is 51.4 Å². The van der Waals surface area contributed by atoms with Crippen LogP contribution < -0.4 is 0 Å². The summed E-state index contributed by atoms with van der Waals surface area (Å²) >= 11 is 0. The Labute approximate surface area is 254 Å². The van der Waals surface area contributed by atoms with Crippen molar-refractivity contribution in [1.82, 2.24) is 0 Å². The molecule has 3 saturated carbocycles. The van der Waals surface area contributed by atoms with Crippen LogP contribution in [-0.2, 0) is 14.3 Å². The maximum Gasteiger partial charge on any atom is 0.311 e. The lowest BCUT2D eigenvalue weighted by atomic mass is 9.39. The Kier molecular flexibility index (Phi) is 9.09. The first-order valence-corrected chi connectivity index (χ1v) is 17.3. The van der Waals surface area contributed by atoms with Crippen LogP contribution in [0.4, 0.5) is 0 Å². The highest BCUT2D eigenvalue weighted by Crippen LogP contribution is 2.75. The van der Waals surface area contributed by atoms with E-state index in [2.05, 4.69) is 54.5 Å². The van der Waals surface area contributed by atoms with Gasteiger partial charge in [0, 0.05) is 13.5 Å². The highest BCUT2D eigenvalue weighted by atomic mass is 16.5. The Morgan fingerprint density at radius 2 is 1.63 bits per heavy atom. The van der Waals surface area contributed by atoms with Gasteiger partial charge in [-0.3, -0.25) is 4.79 Å². The largest absolute Gasteiger partial charge is 0.462 e. The van der Waals surface area contributed by atoms with Crippen LogP contribution in [0.25, 0.3) is 0 Å². The molecule has 0 aromatic carbocycles. The molecule has 3 heteroatoms. The van der Waals surface area contributed by atoms with E-state index in [0.717, 1.165) is 42.9 Å². The third-order valence-electron chi connectivity index (χ3n) is 14.1. The fraction of sp³-hybridized carbons (Fsp3) is 0.921. The number of methoxy groups -OCH3 is 1. The van der Waals surface area contributed by atoms with Crippen molar-refractivity contribution < 1.29 is 14.3 Å². The summed E-state index contributed by atoms with van der Waals surface area (Å²) in [4.78, 5) is 13.3. The first-order valence-electron chi connectivity index (χ1n) is 17.3.